The van der Waals surface area contributed by atoms with Gasteiger partial charge in [-0.3, -0.25) is 0 Å². The molecule has 4 nitrogen and oxygen atoms in total. The third kappa shape index (κ3) is 6.64. The lowest BCUT2D eigenvalue weighted by Gasteiger charge is -2.14. The fourth-order valence-corrected chi connectivity index (χ4v) is 1.26. The fraction of sp³-hybridized carbons (Fsp3) is 0.417. The second kappa shape index (κ2) is 6.97. The van der Waals surface area contributed by atoms with Crippen molar-refractivity contribution in [1.82, 2.24) is 5.32 Å². The molecule has 2 N–H and O–H groups in total. The number of halogens is 3. The van der Waals surface area contributed by atoms with Crippen molar-refractivity contribution < 1.29 is 23.0 Å². The quantitative estimate of drug-likeness (QED) is 0.824. The number of aliphatic hydroxyl groups excluding tert-OH is 1. The van der Waals surface area contributed by atoms with Crippen molar-refractivity contribution in [3.05, 3.63) is 29.8 Å². The van der Waals surface area contributed by atoms with Crippen molar-refractivity contribution >= 4 is 0 Å². The summed E-state index contributed by atoms with van der Waals surface area (Å²) in [4.78, 5) is 0. The Kier molecular flexibility index (Phi) is 5.60. The molecule has 0 unspecified atom stereocenters. The third-order valence-electron chi connectivity index (χ3n) is 2.13. The predicted molar refractivity (Wildman–Crippen MR) is 61.6 cm³/mol. The van der Waals surface area contributed by atoms with Gasteiger partial charge in [-0.25, -0.2) is 0 Å². The molecule has 1 atom stereocenters. The van der Waals surface area contributed by atoms with Gasteiger partial charge in [0.05, 0.1) is 18.2 Å². The van der Waals surface area contributed by atoms with Crippen LogP contribution < -0.4 is 10.1 Å². The van der Waals surface area contributed by atoms with Crippen LogP contribution in [0.3, 0.4) is 0 Å². The summed E-state index contributed by atoms with van der Waals surface area (Å²) in [5.41, 5.74) is 0.472. The number of aliphatic hydroxyl groups is 1. The van der Waals surface area contributed by atoms with Crippen LogP contribution in [-0.4, -0.2) is 37.1 Å². The minimum atomic E-state index is -4.30. The Bertz CT molecular complexity index is 426. The molecule has 0 heterocycles. The van der Waals surface area contributed by atoms with E-state index in [-0.39, 0.29) is 13.2 Å². The summed E-state index contributed by atoms with van der Waals surface area (Å²) in [7, 11) is 0. The zero-order valence-corrected chi connectivity index (χ0v) is 9.94. The lowest BCUT2D eigenvalue weighted by atomic mass is 10.2. The van der Waals surface area contributed by atoms with Crippen molar-refractivity contribution in [3.8, 4) is 11.8 Å². The van der Waals surface area contributed by atoms with E-state index in [1.54, 1.807) is 24.3 Å². The van der Waals surface area contributed by atoms with Crippen LogP contribution in [0.1, 0.15) is 5.56 Å². The number of benzene rings is 1. The van der Waals surface area contributed by atoms with Gasteiger partial charge in [0, 0.05) is 6.54 Å². The summed E-state index contributed by atoms with van der Waals surface area (Å²) in [6.07, 6.45) is -5.34. The molecule has 0 amide bonds. The number of hydrogen-bond donors (Lipinski definition) is 2. The Morgan fingerprint density at radius 2 is 1.95 bits per heavy atom. The molecule has 0 aromatic heterocycles. The highest BCUT2D eigenvalue weighted by Crippen LogP contribution is 2.13. The lowest BCUT2D eigenvalue weighted by molar-refractivity contribution is -0.125. The predicted octanol–water partition coefficient (Wildman–Crippen LogP) is 1.45. The smallest absolute Gasteiger partial charge is 0.401 e. The molecule has 0 radical (unpaired) electrons. The average Bonchev–Trinajstić information content (AvgIpc) is 2.35. The summed E-state index contributed by atoms with van der Waals surface area (Å²) in [5.74, 6) is 0.439. The van der Waals surface area contributed by atoms with E-state index in [0.29, 0.717) is 11.3 Å². The molecule has 0 aliphatic carbocycles. The summed E-state index contributed by atoms with van der Waals surface area (Å²) >= 11 is 0. The zero-order chi connectivity index (χ0) is 14.3. The Hall–Kier alpha value is -1.78. The number of ether oxygens (including phenoxy) is 1. The Morgan fingerprint density at radius 1 is 1.32 bits per heavy atom. The summed E-state index contributed by atoms with van der Waals surface area (Å²) in [5, 5.41) is 20.1. The molecule has 1 rings (SSSR count). The van der Waals surface area contributed by atoms with E-state index >= 15 is 0 Å². The van der Waals surface area contributed by atoms with E-state index in [1.165, 1.54) is 0 Å². The number of rotatable bonds is 6. The molecule has 0 aliphatic heterocycles. The molecule has 0 saturated carbocycles. The lowest BCUT2D eigenvalue weighted by Crippen LogP contribution is -2.37. The second-order valence-electron chi connectivity index (χ2n) is 3.85. The second-order valence-corrected chi connectivity index (χ2v) is 3.85. The first-order chi connectivity index (χ1) is 8.90. The van der Waals surface area contributed by atoms with Gasteiger partial charge >= 0.3 is 6.18 Å². The van der Waals surface area contributed by atoms with E-state index in [4.69, 9.17) is 10.00 Å². The van der Waals surface area contributed by atoms with Gasteiger partial charge in [0.2, 0.25) is 0 Å². The van der Waals surface area contributed by atoms with E-state index in [2.05, 4.69) is 5.32 Å². The molecule has 19 heavy (non-hydrogen) atoms. The molecule has 104 valence electrons. The zero-order valence-electron chi connectivity index (χ0n) is 9.94. The van der Waals surface area contributed by atoms with Crippen molar-refractivity contribution in [3.63, 3.8) is 0 Å². The first-order valence-corrected chi connectivity index (χ1v) is 5.49. The standard InChI is InChI=1S/C12H13F3N2O2/c13-12(14,15)8-17-6-10(18)7-19-11-3-1-9(5-16)2-4-11/h1-4,10,17-18H,6-8H2/t10-/m0/s1. The van der Waals surface area contributed by atoms with Crippen LogP contribution in [0.2, 0.25) is 0 Å². The normalized spacial score (nSPS) is 12.8. The van der Waals surface area contributed by atoms with Crippen molar-refractivity contribution in [2.75, 3.05) is 19.7 Å². The van der Waals surface area contributed by atoms with Crippen molar-refractivity contribution in [2.24, 2.45) is 0 Å². The van der Waals surface area contributed by atoms with Crippen LogP contribution in [0.5, 0.6) is 5.75 Å². The van der Waals surface area contributed by atoms with Gasteiger partial charge in [0.15, 0.2) is 0 Å². The number of nitrogens with one attached hydrogen (secondary N) is 1. The molecule has 0 bridgehead atoms. The van der Waals surface area contributed by atoms with E-state index < -0.39 is 18.8 Å². The minimum absolute atomic E-state index is 0.128. The van der Waals surface area contributed by atoms with Crippen molar-refractivity contribution in [1.29, 1.82) is 5.26 Å². The van der Waals surface area contributed by atoms with Crippen molar-refractivity contribution in [2.45, 2.75) is 12.3 Å². The largest absolute Gasteiger partial charge is 0.491 e. The molecule has 0 spiro atoms. The van der Waals surface area contributed by atoms with Gasteiger partial charge in [-0.15, -0.1) is 0 Å². The minimum Gasteiger partial charge on any atom is -0.491 e. The molecular formula is C12H13F3N2O2. The number of hydrogen-bond acceptors (Lipinski definition) is 4. The van der Waals surface area contributed by atoms with E-state index in [0.717, 1.165) is 0 Å². The van der Waals surface area contributed by atoms with Crippen LogP contribution in [0.25, 0.3) is 0 Å². The van der Waals surface area contributed by atoms with Gasteiger partial charge in [-0.1, -0.05) is 0 Å². The summed E-state index contributed by atoms with van der Waals surface area (Å²) < 4.78 is 40.6. The maximum absolute atomic E-state index is 11.8. The van der Waals surface area contributed by atoms with E-state index in [1.807, 2.05) is 6.07 Å². The van der Waals surface area contributed by atoms with Gasteiger partial charge in [0.1, 0.15) is 18.5 Å². The highest BCUT2D eigenvalue weighted by atomic mass is 19.4. The SMILES string of the molecule is N#Cc1ccc(OC[C@@H](O)CNCC(F)(F)F)cc1. The molecule has 7 heteroatoms. The van der Waals surface area contributed by atoms with Crippen LogP contribution in [0.15, 0.2) is 24.3 Å². The van der Waals surface area contributed by atoms with Crippen LogP contribution in [-0.2, 0) is 0 Å². The highest BCUT2D eigenvalue weighted by molar-refractivity contribution is 5.34. The van der Waals surface area contributed by atoms with Gasteiger partial charge in [0.25, 0.3) is 0 Å². The first kappa shape index (κ1) is 15.3. The topological polar surface area (TPSA) is 65.3 Å². The Labute approximate surface area is 108 Å². The first-order valence-electron chi connectivity index (χ1n) is 5.49. The molecular weight excluding hydrogens is 261 g/mol. The van der Waals surface area contributed by atoms with Crippen LogP contribution >= 0.6 is 0 Å². The third-order valence-corrected chi connectivity index (χ3v) is 2.13. The van der Waals surface area contributed by atoms with Gasteiger partial charge in [-0.05, 0) is 24.3 Å². The molecule has 1 aromatic rings. The summed E-state index contributed by atoms with van der Waals surface area (Å²) in [6, 6.07) is 8.13. The molecule has 0 aliphatic rings. The van der Waals surface area contributed by atoms with Gasteiger partial charge < -0.3 is 15.2 Å². The van der Waals surface area contributed by atoms with Crippen LogP contribution in [0.4, 0.5) is 13.2 Å². The maximum atomic E-state index is 11.8. The monoisotopic (exact) mass is 274 g/mol. The number of nitriles is 1. The van der Waals surface area contributed by atoms with Crippen LogP contribution in [0, 0.1) is 11.3 Å². The Morgan fingerprint density at radius 3 is 2.47 bits per heavy atom. The maximum Gasteiger partial charge on any atom is 0.401 e. The summed E-state index contributed by atoms with van der Waals surface area (Å²) in [6.45, 7) is -1.49. The number of nitrogens with zero attached hydrogens (tertiary/aromatic N) is 1. The molecule has 1 aromatic carbocycles. The Balaban J connectivity index is 2.26. The number of alkyl halides is 3. The molecule has 0 fully saturated rings. The highest BCUT2D eigenvalue weighted by Gasteiger charge is 2.26. The fourth-order valence-electron chi connectivity index (χ4n) is 1.26. The average molecular weight is 274 g/mol. The molecule has 0 saturated heterocycles. The van der Waals surface area contributed by atoms with E-state index in [9.17, 15) is 18.3 Å². The van der Waals surface area contributed by atoms with Gasteiger partial charge in [-0.2, -0.15) is 18.4 Å².